The summed E-state index contributed by atoms with van der Waals surface area (Å²) in [5.74, 6) is 1.67. The maximum atomic E-state index is 8.96. The summed E-state index contributed by atoms with van der Waals surface area (Å²) < 4.78 is 10.3. The lowest BCUT2D eigenvalue weighted by Gasteiger charge is -2.07. The lowest BCUT2D eigenvalue weighted by atomic mass is 9.80. The van der Waals surface area contributed by atoms with Crippen LogP contribution in [0.4, 0.5) is 0 Å². The van der Waals surface area contributed by atoms with E-state index in [2.05, 4.69) is 0 Å². The van der Waals surface area contributed by atoms with Gasteiger partial charge in [0.2, 0.25) is 0 Å². The van der Waals surface area contributed by atoms with Gasteiger partial charge in [0.1, 0.15) is 17.2 Å². The van der Waals surface area contributed by atoms with Gasteiger partial charge in [0.25, 0.3) is 0 Å². The molecule has 0 bridgehead atoms. The van der Waals surface area contributed by atoms with Crippen LogP contribution in [0.3, 0.4) is 0 Å². The lowest BCUT2D eigenvalue weighted by Crippen LogP contribution is -2.29. The molecule has 0 aliphatic carbocycles. The zero-order valence-corrected chi connectivity index (χ0v) is 9.93. The van der Waals surface area contributed by atoms with Gasteiger partial charge < -0.3 is 24.5 Å². The Labute approximate surface area is 111 Å². The Morgan fingerprint density at radius 3 is 1.74 bits per heavy atom. The van der Waals surface area contributed by atoms with Crippen molar-refractivity contribution in [3.8, 4) is 17.2 Å². The number of hydrogen-bond acceptors (Lipinski definition) is 5. The minimum atomic E-state index is -1.49. The van der Waals surface area contributed by atoms with E-state index in [0.717, 1.165) is 0 Å². The van der Waals surface area contributed by atoms with Crippen molar-refractivity contribution in [2.75, 3.05) is 0 Å². The van der Waals surface area contributed by atoms with Crippen molar-refractivity contribution >= 4 is 20.3 Å². The molecule has 2 aromatic carbocycles. The Morgan fingerprint density at radius 1 is 0.789 bits per heavy atom. The molecule has 95 valence electrons. The molecule has 7 heteroatoms. The highest BCUT2D eigenvalue weighted by Gasteiger charge is 2.10. The lowest BCUT2D eigenvalue weighted by molar-refractivity contribution is 0.425. The van der Waals surface area contributed by atoms with Crippen LogP contribution in [-0.4, -0.2) is 29.9 Å². The number of hydrogen-bond donors (Lipinski definition) is 3. The summed E-state index contributed by atoms with van der Waals surface area (Å²) in [6, 6.07) is 13.1. The van der Waals surface area contributed by atoms with E-state index in [-0.39, 0.29) is 0 Å². The van der Waals surface area contributed by atoms with Gasteiger partial charge in [-0.25, -0.2) is 0 Å². The van der Waals surface area contributed by atoms with Crippen molar-refractivity contribution in [1.82, 2.24) is 0 Å². The first kappa shape index (κ1) is 13.5. The van der Waals surface area contributed by atoms with Gasteiger partial charge in [0.05, 0.1) is 0 Å². The minimum Gasteiger partial charge on any atom is -0.537 e. The molecule has 0 fully saturated rings. The summed E-state index contributed by atoms with van der Waals surface area (Å²) in [6.07, 6.45) is 0. The van der Waals surface area contributed by atoms with E-state index < -0.39 is 7.12 Å². The Hall–Kier alpha value is -1.95. The van der Waals surface area contributed by atoms with E-state index >= 15 is 0 Å². The second kappa shape index (κ2) is 6.29. The highest BCUT2D eigenvalue weighted by Crippen LogP contribution is 2.23. The van der Waals surface area contributed by atoms with E-state index in [1.807, 2.05) is 0 Å². The fraction of sp³-hybridized carbons (Fsp3) is 0. The fourth-order valence-electron chi connectivity index (χ4n) is 1.49. The van der Waals surface area contributed by atoms with Gasteiger partial charge in [-0.3, -0.25) is 0 Å². The predicted molar refractivity (Wildman–Crippen MR) is 71.4 cm³/mol. The quantitative estimate of drug-likeness (QED) is 0.660. The summed E-state index contributed by atoms with van der Waals surface area (Å²) in [4.78, 5) is 0. The zero-order valence-electron chi connectivity index (χ0n) is 9.93. The molecule has 0 aliphatic rings. The number of rotatable bonds is 5. The molecule has 0 spiro atoms. The highest BCUT2D eigenvalue weighted by atomic mass is 16.5. The second-order valence-electron chi connectivity index (χ2n) is 3.74. The van der Waals surface area contributed by atoms with Crippen LogP contribution < -0.4 is 14.9 Å². The van der Waals surface area contributed by atoms with Gasteiger partial charge in [-0.1, -0.05) is 12.1 Å². The SMILES string of the molecule is O[B]Oc1ccc(Oc2ccc(B(O)O)cc2)cc1. The average molecular weight is 257 g/mol. The summed E-state index contributed by atoms with van der Waals surface area (Å²) in [5.41, 5.74) is 0.398. The Balaban J connectivity index is 2.04. The number of benzene rings is 2. The van der Waals surface area contributed by atoms with Gasteiger partial charge in [-0.2, -0.15) is 0 Å². The van der Waals surface area contributed by atoms with Crippen LogP contribution >= 0.6 is 0 Å². The van der Waals surface area contributed by atoms with Crippen LogP contribution in [0.5, 0.6) is 17.2 Å². The van der Waals surface area contributed by atoms with Gasteiger partial charge in [0.15, 0.2) is 0 Å². The molecule has 0 saturated carbocycles. The molecule has 0 saturated heterocycles. The van der Waals surface area contributed by atoms with E-state index in [1.54, 1.807) is 48.5 Å². The first-order valence-electron chi connectivity index (χ1n) is 5.55. The predicted octanol–water partition coefficient (Wildman–Crippen LogP) is 0.0640. The Kier molecular flexibility index (Phi) is 4.46. The summed E-state index contributed by atoms with van der Waals surface area (Å²) in [7, 11) is -0.880. The van der Waals surface area contributed by atoms with Gasteiger partial charge in [0, 0.05) is 0 Å². The third-order valence-electron chi connectivity index (χ3n) is 2.43. The standard InChI is InChI=1S/C12H11B2O5/c15-13-19-12-7-5-11(6-8-12)18-10-3-1-9(2-4-10)14(16)17/h1-8,15-17H. The van der Waals surface area contributed by atoms with Crippen LogP contribution in [0.25, 0.3) is 0 Å². The highest BCUT2D eigenvalue weighted by molar-refractivity contribution is 6.58. The van der Waals surface area contributed by atoms with Gasteiger partial charge in [-0.15, -0.1) is 0 Å². The van der Waals surface area contributed by atoms with Crippen molar-refractivity contribution in [3.05, 3.63) is 48.5 Å². The Bertz CT molecular complexity index is 513. The molecule has 0 aliphatic heterocycles. The van der Waals surface area contributed by atoms with Crippen molar-refractivity contribution in [1.29, 1.82) is 0 Å². The monoisotopic (exact) mass is 257 g/mol. The van der Waals surface area contributed by atoms with E-state index in [1.165, 1.54) is 0 Å². The molecule has 19 heavy (non-hydrogen) atoms. The molecule has 2 rings (SSSR count). The topological polar surface area (TPSA) is 79.2 Å². The van der Waals surface area contributed by atoms with Crippen molar-refractivity contribution in [2.24, 2.45) is 0 Å². The van der Waals surface area contributed by atoms with Crippen LogP contribution in [0.15, 0.2) is 48.5 Å². The Morgan fingerprint density at radius 2 is 1.26 bits per heavy atom. The first-order valence-corrected chi connectivity index (χ1v) is 5.55. The smallest absolute Gasteiger partial charge is 0.537 e. The molecule has 3 N–H and O–H groups in total. The maximum absolute atomic E-state index is 8.96. The van der Waals surface area contributed by atoms with E-state index in [9.17, 15) is 0 Å². The van der Waals surface area contributed by atoms with Gasteiger partial charge >= 0.3 is 14.8 Å². The molecular weight excluding hydrogens is 246 g/mol. The first-order chi connectivity index (χ1) is 9.19. The molecule has 5 nitrogen and oxygen atoms in total. The molecule has 0 aromatic heterocycles. The van der Waals surface area contributed by atoms with Crippen molar-refractivity contribution in [2.45, 2.75) is 0 Å². The van der Waals surface area contributed by atoms with Crippen LogP contribution in [-0.2, 0) is 0 Å². The van der Waals surface area contributed by atoms with E-state index in [0.29, 0.717) is 30.4 Å². The van der Waals surface area contributed by atoms with Crippen molar-refractivity contribution < 1.29 is 24.5 Å². The molecule has 2 aromatic rings. The molecule has 0 heterocycles. The molecule has 0 atom stereocenters. The average Bonchev–Trinajstić information content (AvgIpc) is 2.42. The molecule has 0 amide bonds. The third-order valence-corrected chi connectivity index (χ3v) is 2.43. The minimum absolute atomic E-state index is 0.398. The second-order valence-corrected chi connectivity index (χ2v) is 3.74. The summed E-state index contributed by atoms with van der Waals surface area (Å²) in [5, 5.41) is 26.4. The normalized spacial score (nSPS) is 9.84. The largest absolute Gasteiger partial charge is 0.569 e. The van der Waals surface area contributed by atoms with Crippen LogP contribution in [0.2, 0.25) is 0 Å². The molecular formula is C12H11B2O5. The maximum Gasteiger partial charge on any atom is 0.569 e. The van der Waals surface area contributed by atoms with Crippen LogP contribution in [0.1, 0.15) is 0 Å². The van der Waals surface area contributed by atoms with Crippen LogP contribution in [0, 0.1) is 0 Å². The van der Waals surface area contributed by atoms with Gasteiger partial charge in [-0.05, 0) is 41.9 Å². The fourth-order valence-corrected chi connectivity index (χ4v) is 1.49. The zero-order chi connectivity index (χ0) is 13.7. The third kappa shape index (κ3) is 3.75. The summed E-state index contributed by atoms with van der Waals surface area (Å²) >= 11 is 0. The van der Waals surface area contributed by atoms with E-state index in [4.69, 9.17) is 24.5 Å². The van der Waals surface area contributed by atoms with Crippen molar-refractivity contribution in [3.63, 3.8) is 0 Å². The summed E-state index contributed by atoms with van der Waals surface area (Å²) in [6.45, 7) is 0. The number of ether oxygens (including phenoxy) is 1. The molecule has 1 radical (unpaired) electrons. The molecule has 0 unspecified atom stereocenters.